The first-order valence-corrected chi connectivity index (χ1v) is 4.03. The summed E-state index contributed by atoms with van der Waals surface area (Å²) in [5.74, 6) is 0.285. The van der Waals surface area contributed by atoms with Crippen LogP contribution in [0.3, 0.4) is 0 Å². The van der Waals surface area contributed by atoms with Gasteiger partial charge in [0, 0.05) is 0 Å². The molecule has 0 amide bonds. The summed E-state index contributed by atoms with van der Waals surface area (Å²) in [4.78, 5) is 10.7. The predicted molar refractivity (Wildman–Crippen MR) is 42.9 cm³/mol. The van der Waals surface area contributed by atoms with E-state index < -0.39 is 6.16 Å². The van der Waals surface area contributed by atoms with E-state index in [1.54, 1.807) is 20.8 Å². The molecule has 0 aliphatic carbocycles. The third-order valence-electron chi connectivity index (χ3n) is 0.847. The Bertz CT molecular complexity index is 125. The van der Waals surface area contributed by atoms with Gasteiger partial charge in [-0.2, -0.15) is 0 Å². The van der Waals surface area contributed by atoms with E-state index in [1.807, 2.05) is 0 Å². The van der Waals surface area contributed by atoms with Crippen LogP contribution in [0.5, 0.6) is 0 Å². The summed E-state index contributed by atoms with van der Waals surface area (Å²) in [6, 6.07) is 0. The van der Waals surface area contributed by atoms with Gasteiger partial charge in [0.2, 0.25) is 0 Å². The van der Waals surface area contributed by atoms with Gasteiger partial charge in [0.15, 0.2) is 0 Å². The van der Waals surface area contributed by atoms with Crippen molar-refractivity contribution >= 4 is 17.8 Å². The summed E-state index contributed by atoms with van der Waals surface area (Å²) >= 11 is 5.40. The van der Waals surface area contributed by atoms with Gasteiger partial charge >= 0.3 is 6.16 Å². The van der Waals surface area contributed by atoms with Crippen LogP contribution in [0.15, 0.2) is 0 Å². The van der Waals surface area contributed by atoms with Crippen LogP contribution >= 0.6 is 11.6 Å². The summed E-state index contributed by atoms with van der Waals surface area (Å²) in [6.45, 7) is 5.22. The second-order valence-electron chi connectivity index (χ2n) is 2.50. The van der Waals surface area contributed by atoms with Gasteiger partial charge in [-0.05, 0) is 20.8 Å². The molecule has 1 unspecified atom stereocenters. The van der Waals surface area contributed by atoms with Gasteiger partial charge < -0.3 is 9.47 Å². The van der Waals surface area contributed by atoms with Crippen molar-refractivity contribution in [1.29, 1.82) is 0 Å². The van der Waals surface area contributed by atoms with E-state index in [1.165, 1.54) is 0 Å². The molecule has 0 saturated carbocycles. The molecule has 0 heterocycles. The third-order valence-corrected chi connectivity index (χ3v) is 1.28. The molecule has 0 fully saturated rings. The Morgan fingerprint density at radius 1 is 1.36 bits per heavy atom. The second-order valence-corrected chi connectivity index (χ2v) is 2.81. The molecule has 11 heavy (non-hydrogen) atoms. The molecule has 0 aromatic rings. The lowest BCUT2D eigenvalue weighted by molar-refractivity contribution is 0.0175. The molecule has 0 aliphatic heterocycles. The standard InChI is InChI=1S/C7H13ClO3/c1-5(2)10-7(9)11-6(3)4-8/h5-6H,4H2,1-3H3. The minimum atomic E-state index is -0.659. The molecule has 0 saturated heterocycles. The van der Waals surface area contributed by atoms with E-state index in [9.17, 15) is 4.79 Å². The van der Waals surface area contributed by atoms with Crippen LogP contribution in [-0.4, -0.2) is 24.2 Å². The zero-order valence-electron chi connectivity index (χ0n) is 6.96. The van der Waals surface area contributed by atoms with Crippen LogP contribution in [0.25, 0.3) is 0 Å². The lowest BCUT2D eigenvalue weighted by atomic mass is 10.5. The van der Waals surface area contributed by atoms with Crippen LogP contribution in [0.2, 0.25) is 0 Å². The predicted octanol–water partition coefficient (Wildman–Crippen LogP) is 2.18. The summed E-state index contributed by atoms with van der Waals surface area (Å²) in [5, 5.41) is 0. The number of hydrogen-bond acceptors (Lipinski definition) is 3. The highest BCUT2D eigenvalue weighted by atomic mass is 35.5. The Morgan fingerprint density at radius 2 is 1.91 bits per heavy atom. The molecule has 0 aromatic carbocycles. The number of rotatable bonds is 3. The molecular formula is C7H13ClO3. The molecule has 1 atom stereocenters. The van der Waals surface area contributed by atoms with Gasteiger partial charge in [-0.15, -0.1) is 11.6 Å². The number of ether oxygens (including phenoxy) is 2. The van der Waals surface area contributed by atoms with Crippen LogP contribution in [0.1, 0.15) is 20.8 Å². The largest absolute Gasteiger partial charge is 0.508 e. The molecule has 0 radical (unpaired) electrons. The summed E-state index contributed by atoms with van der Waals surface area (Å²) in [7, 11) is 0. The monoisotopic (exact) mass is 180 g/mol. The Labute approximate surface area is 71.6 Å². The molecule has 0 bridgehead atoms. The highest BCUT2D eigenvalue weighted by Gasteiger charge is 2.10. The summed E-state index contributed by atoms with van der Waals surface area (Å²) < 4.78 is 9.42. The zero-order chi connectivity index (χ0) is 8.85. The normalized spacial score (nSPS) is 12.8. The number of carbonyl (C=O) groups is 1. The van der Waals surface area contributed by atoms with E-state index in [4.69, 9.17) is 21.1 Å². The fourth-order valence-corrected chi connectivity index (χ4v) is 0.479. The van der Waals surface area contributed by atoms with Crippen molar-refractivity contribution in [3.05, 3.63) is 0 Å². The molecule has 0 rings (SSSR count). The Morgan fingerprint density at radius 3 is 2.27 bits per heavy atom. The van der Waals surface area contributed by atoms with E-state index in [2.05, 4.69) is 0 Å². The Balaban J connectivity index is 3.52. The van der Waals surface area contributed by atoms with Gasteiger partial charge in [0.1, 0.15) is 6.10 Å². The number of alkyl halides is 1. The summed E-state index contributed by atoms with van der Waals surface area (Å²) in [6.07, 6.45) is -1.10. The van der Waals surface area contributed by atoms with Crippen molar-refractivity contribution in [2.75, 3.05) is 5.88 Å². The van der Waals surface area contributed by atoms with E-state index >= 15 is 0 Å². The zero-order valence-corrected chi connectivity index (χ0v) is 7.72. The average molecular weight is 181 g/mol. The van der Waals surface area contributed by atoms with Crippen LogP contribution < -0.4 is 0 Å². The van der Waals surface area contributed by atoms with Crippen LogP contribution in [0.4, 0.5) is 4.79 Å². The van der Waals surface area contributed by atoms with Crippen molar-refractivity contribution in [3.8, 4) is 0 Å². The molecule has 0 spiro atoms. The topological polar surface area (TPSA) is 35.5 Å². The smallest absolute Gasteiger partial charge is 0.432 e. The Hall–Kier alpha value is -0.440. The molecular weight excluding hydrogens is 168 g/mol. The molecule has 66 valence electrons. The maximum absolute atomic E-state index is 10.7. The number of hydrogen-bond donors (Lipinski definition) is 0. The van der Waals surface area contributed by atoms with Gasteiger partial charge in [-0.25, -0.2) is 4.79 Å². The van der Waals surface area contributed by atoms with Crippen LogP contribution in [-0.2, 0) is 9.47 Å². The van der Waals surface area contributed by atoms with Gasteiger partial charge in [0.25, 0.3) is 0 Å². The highest BCUT2D eigenvalue weighted by molar-refractivity contribution is 6.18. The first-order valence-electron chi connectivity index (χ1n) is 3.49. The molecule has 4 heteroatoms. The first-order chi connectivity index (χ1) is 5.06. The Kier molecular flexibility index (Phi) is 5.03. The maximum atomic E-state index is 10.7. The van der Waals surface area contributed by atoms with Gasteiger partial charge in [-0.1, -0.05) is 0 Å². The van der Waals surface area contributed by atoms with Crippen molar-refractivity contribution in [2.24, 2.45) is 0 Å². The molecule has 0 N–H and O–H groups in total. The van der Waals surface area contributed by atoms with E-state index in [0.29, 0.717) is 0 Å². The number of halogens is 1. The number of carbonyl (C=O) groups excluding carboxylic acids is 1. The molecule has 0 aromatic heterocycles. The first kappa shape index (κ1) is 10.6. The van der Waals surface area contributed by atoms with Crippen molar-refractivity contribution < 1.29 is 14.3 Å². The highest BCUT2D eigenvalue weighted by Crippen LogP contribution is 1.98. The lowest BCUT2D eigenvalue weighted by Gasteiger charge is -2.11. The minimum Gasteiger partial charge on any atom is -0.432 e. The average Bonchev–Trinajstić information content (AvgIpc) is 1.85. The molecule has 3 nitrogen and oxygen atoms in total. The van der Waals surface area contributed by atoms with Gasteiger partial charge in [-0.3, -0.25) is 0 Å². The van der Waals surface area contributed by atoms with Crippen molar-refractivity contribution in [1.82, 2.24) is 0 Å². The fraction of sp³-hybridized carbons (Fsp3) is 0.857. The second kappa shape index (κ2) is 5.24. The van der Waals surface area contributed by atoms with Crippen molar-refractivity contribution in [3.63, 3.8) is 0 Å². The lowest BCUT2D eigenvalue weighted by Crippen LogP contribution is -2.19. The minimum absolute atomic E-state index is 0.148. The summed E-state index contributed by atoms with van der Waals surface area (Å²) in [5.41, 5.74) is 0. The van der Waals surface area contributed by atoms with Gasteiger partial charge in [0.05, 0.1) is 12.0 Å². The quantitative estimate of drug-likeness (QED) is 0.493. The molecule has 0 aliphatic rings. The van der Waals surface area contributed by atoms with Crippen molar-refractivity contribution in [2.45, 2.75) is 33.0 Å². The maximum Gasteiger partial charge on any atom is 0.508 e. The third kappa shape index (κ3) is 5.98. The van der Waals surface area contributed by atoms with Crippen LogP contribution in [0, 0.1) is 0 Å². The fourth-order valence-electron chi connectivity index (χ4n) is 0.416. The SMILES string of the molecule is CC(C)OC(=O)OC(C)CCl. The van der Waals surface area contributed by atoms with E-state index in [0.717, 1.165) is 0 Å². The van der Waals surface area contributed by atoms with E-state index in [-0.39, 0.29) is 18.1 Å².